The van der Waals surface area contributed by atoms with Gasteiger partial charge in [0.15, 0.2) is 0 Å². The van der Waals surface area contributed by atoms with E-state index in [1.165, 1.54) is 0 Å². The van der Waals surface area contributed by atoms with Crippen LogP contribution in [0.25, 0.3) is 11.0 Å². The van der Waals surface area contributed by atoms with Crippen LogP contribution in [0, 0.1) is 5.92 Å². The van der Waals surface area contributed by atoms with Gasteiger partial charge in [0.1, 0.15) is 11.6 Å². The monoisotopic (exact) mass is 421 g/mol. The number of carbonyl (C=O) groups excluding carboxylic acids is 1. The van der Waals surface area contributed by atoms with Gasteiger partial charge in [-0.1, -0.05) is 38.1 Å². The molecular formula is C25H31N3O3. The van der Waals surface area contributed by atoms with Crippen molar-refractivity contribution in [1.29, 1.82) is 0 Å². The molecule has 0 saturated carbocycles. The van der Waals surface area contributed by atoms with Gasteiger partial charge in [0, 0.05) is 13.2 Å². The zero-order valence-corrected chi connectivity index (χ0v) is 18.5. The predicted molar refractivity (Wildman–Crippen MR) is 121 cm³/mol. The van der Waals surface area contributed by atoms with Crippen LogP contribution in [0.1, 0.15) is 50.5 Å². The lowest BCUT2D eigenvalue weighted by atomic mass is 9.73. The highest BCUT2D eigenvalue weighted by Crippen LogP contribution is 2.37. The van der Waals surface area contributed by atoms with E-state index < -0.39 is 5.41 Å². The molecule has 6 nitrogen and oxygen atoms in total. The molecule has 4 rings (SSSR count). The van der Waals surface area contributed by atoms with Crippen LogP contribution in [-0.4, -0.2) is 36.2 Å². The SMILES string of the molecule is COc1ccc(C2(C(=O)N[C@@H](CC(C)C)c3nc4ccccc4[nH]3)CCOCC2)cc1. The van der Waals surface area contributed by atoms with Crippen LogP contribution in [0.4, 0.5) is 0 Å². The molecule has 0 bridgehead atoms. The maximum absolute atomic E-state index is 13.8. The van der Waals surface area contributed by atoms with E-state index in [9.17, 15) is 4.79 Å². The highest BCUT2D eigenvalue weighted by Gasteiger charge is 2.42. The lowest BCUT2D eigenvalue weighted by Gasteiger charge is -2.37. The Kier molecular flexibility index (Phi) is 6.28. The molecule has 6 heteroatoms. The molecule has 2 N–H and O–H groups in total. The van der Waals surface area contributed by atoms with Crippen molar-refractivity contribution < 1.29 is 14.3 Å². The first-order chi connectivity index (χ1) is 15.0. The molecule has 1 aromatic heterocycles. The standard InChI is InChI=1S/C25H31N3O3/c1-17(2)16-22(23-26-20-6-4-5-7-21(20)27-23)28-24(29)25(12-14-31-15-13-25)18-8-10-19(30-3)11-9-18/h4-11,17,22H,12-16H2,1-3H3,(H,26,27)(H,28,29)/t22-/m0/s1. The van der Waals surface area contributed by atoms with E-state index in [1.54, 1.807) is 7.11 Å². The molecule has 1 aliphatic heterocycles. The first-order valence-corrected chi connectivity index (χ1v) is 11.0. The highest BCUT2D eigenvalue weighted by atomic mass is 16.5. The molecule has 0 aliphatic carbocycles. The third-order valence-electron chi connectivity index (χ3n) is 6.17. The molecule has 2 heterocycles. The van der Waals surface area contributed by atoms with Crippen LogP contribution in [0.2, 0.25) is 0 Å². The minimum Gasteiger partial charge on any atom is -0.497 e. The molecule has 1 atom stereocenters. The first kappa shape index (κ1) is 21.4. The van der Waals surface area contributed by atoms with Crippen molar-refractivity contribution in [1.82, 2.24) is 15.3 Å². The molecule has 1 aliphatic rings. The molecular weight excluding hydrogens is 390 g/mol. The fourth-order valence-corrected chi connectivity index (χ4v) is 4.42. The van der Waals surface area contributed by atoms with Gasteiger partial charge in [-0.25, -0.2) is 4.98 Å². The smallest absolute Gasteiger partial charge is 0.231 e. The number of para-hydroxylation sites is 2. The van der Waals surface area contributed by atoms with Gasteiger partial charge in [0.25, 0.3) is 0 Å². The molecule has 0 spiro atoms. The number of ether oxygens (including phenoxy) is 2. The maximum Gasteiger partial charge on any atom is 0.231 e. The fraction of sp³-hybridized carbons (Fsp3) is 0.440. The van der Waals surface area contributed by atoms with E-state index in [2.05, 4.69) is 24.1 Å². The van der Waals surface area contributed by atoms with Gasteiger partial charge >= 0.3 is 0 Å². The van der Waals surface area contributed by atoms with Crippen molar-refractivity contribution in [2.24, 2.45) is 5.92 Å². The zero-order valence-electron chi connectivity index (χ0n) is 18.5. The Hall–Kier alpha value is -2.86. The molecule has 2 aromatic carbocycles. The summed E-state index contributed by atoms with van der Waals surface area (Å²) in [4.78, 5) is 22.0. The molecule has 0 radical (unpaired) electrons. The number of methoxy groups -OCH3 is 1. The fourth-order valence-electron chi connectivity index (χ4n) is 4.42. The number of H-pyrrole nitrogens is 1. The summed E-state index contributed by atoms with van der Waals surface area (Å²) in [7, 11) is 1.65. The van der Waals surface area contributed by atoms with Crippen LogP contribution in [0.3, 0.4) is 0 Å². The number of amides is 1. The summed E-state index contributed by atoms with van der Waals surface area (Å²) in [6.45, 7) is 5.46. The summed E-state index contributed by atoms with van der Waals surface area (Å²) in [5, 5.41) is 3.34. The number of benzene rings is 2. The minimum absolute atomic E-state index is 0.0343. The average Bonchev–Trinajstić information content (AvgIpc) is 3.23. The summed E-state index contributed by atoms with van der Waals surface area (Å²) in [5.41, 5.74) is 2.28. The predicted octanol–water partition coefficient (Wildman–Crippen LogP) is 4.52. The number of rotatable bonds is 7. The number of nitrogens with one attached hydrogen (secondary N) is 2. The molecule has 164 valence electrons. The zero-order chi connectivity index (χ0) is 21.8. The van der Waals surface area contributed by atoms with Crippen molar-refractivity contribution in [3.63, 3.8) is 0 Å². The van der Waals surface area contributed by atoms with Crippen LogP contribution in [-0.2, 0) is 14.9 Å². The van der Waals surface area contributed by atoms with Crippen molar-refractivity contribution >= 4 is 16.9 Å². The van der Waals surface area contributed by atoms with E-state index in [0.717, 1.165) is 34.6 Å². The summed E-state index contributed by atoms with van der Waals surface area (Å²) < 4.78 is 10.9. The number of aromatic nitrogens is 2. The van der Waals surface area contributed by atoms with E-state index in [4.69, 9.17) is 14.5 Å². The third-order valence-corrected chi connectivity index (χ3v) is 6.17. The Morgan fingerprint density at radius 2 is 1.87 bits per heavy atom. The largest absolute Gasteiger partial charge is 0.497 e. The van der Waals surface area contributed by atoms with Crippen molar-refractivity contribution in [2.75, 3.05) is 20.3 Å². The van der Waals surface area contributed by atoms with Crippen molar-refractivity contribution in [3.05, 3.63) is 59.9 Å². The lowest BCUT2D eigenvalue weighted by Crippen LogP contribution is -2.49. The van der Waals surface area contributed by atoms with Gasteiger partial charge in [-0.15, -0.1) is 0 Å². The first-order valence-electron chi connectivity index (χ1n) is 11.0. The topological polar surface area (TPSA) is 76.2 Å². The summed E-state index contributed by atoms with van der Waals surface area (Å²) in [6.07, 6.45) is 2.11. The number of fused-ring (bicyclic) bond motifs is 1. The number of carbonyl (C=O) groups is 1. The quantitative estimate of drug-likeness (QED) is 0.588. The van der Waals surface area contributed by atoms with Gasteiger partial charge in [-0.2, -0.15) is 0 Å². The molecule has 1 amide bonds. The number of nitrogens with zero attached hydrogens (tertiary/aromatic N) is 1. The molecule has 1 fully saturated rings. The van der Waals surface area contributed by atoms with E-state index in [-0.39, 0.29) is 11.9 Å². The second-order valence-electron chi connectivity index (χ2n) is 8.72. The molecule has 0 unspecified atom stereocenters. The lowest BCUT2D eigenvalue weighted by molar-refractivity contribution is -0.131. The van der Waals surface area contributed by atoms with Crippen LogP contribution >= 0.6 is 0 Å². The Morgan fingerprint density at radius 3 is 2.52 bits per heavy atom. The second kappa shape index (κ2) is 9.10. The second-order valence-corrected chi connectivity index (χ2v) is 8.72. The highest BCUT2D eigenvalue weighted by molar-refractivity contribution is 5.89. The normalized spacial score (nSPS) is 16.9. The Bertz CT molecular complexity index is 987. The maximum atomic E-state index is 13.8. The van der Waals surface area contributed by atoms with E-state index in [1.807, 2.05) is 48.5 Å². The molecule has 1 saturated heterocycles. The number of hydrogen-bond donors (Lipinski definition) is 2. The van der Waals surface area contributed by atoms with Gasteiger partial charge in [0.2, 0.25) is 5.91 Å². The van der Waals surface area contributed by atoms with E-state index >= 15 is 0 Å². The summed E-state index contributed by atoms with van der Waals surface area (Å²) in [5.74, 6) is 2.03. The molecule has 3 aromatic rings. The van der Waals surface area contributed by atoms with E-state index in [0.29, 0.717) is 32.0 Å². The third kappa shape index (κ3) is 4.44. The van der Waals surface area contributed by atoms with Gasteiger partial charge in [-0.05, 0) is 55.0 Å². The Labute approximate surface area is 183 Å². The van der Waals surface area contributed by atoms with Gasteiger partial charge < -0.3 is 19.8 Å². The van der Waals surface area contributed by atoms with Gasteiger partial charge in [-0.3, -0.25) is 4.79 Å². The van der Waals surface area contributed by atoms with Crippen molar-refractivity contribution in [2.45, 2.75) is 44.6 Å². The van der Waals surface area contributed by atoms with Crippen molar-refractivity contribution in [3.8, 4) is 5.75 Å². The van der Waals surface area contributed by atoms with Crippen LogP contribution in [0.5, 0.6) is 5.75 Å². The van der Waals surface area contributed by atoms with Crippen LogP contribution in [0.15, 0.2) is 48.5 Å². The number of imidazole rings is 1. The minimum atomic E-state index is -0.619. The van der Waals surface area contributed by atoms with Crippen LogP contribution < -0.4 is 10.1 Å². The Morgan fingerprint density at radius 1 is 1.16 bits per heavy atom. The number of hydrogen-bond acceptors (Lipinski definition) is 4. The summed E-state index contributed by atoms with van der Waals surface area (Å²) in [6, 6.07) is 15.6. The Balaban J connectivity index is 1.65. The molecule has 31 heavy (non-hydrogen) atoms. The number of aromatic amines is 1. The average molecular weight is 422 g/mol. The summed E-state index contributed by atoms with van der Waals surface area (Å²) >= 11 is 0. The van der Waals surface area contributed by atoms with Gasteiger partial charge in [0.05, 0.1) is 29.6 Å².